The number of benzene rings is 3. The summed E-state index contributed by atoms with van der Waals surface area (Å²) in [7, 11) is 0. The van der Waals surface area contributed by atoms with E-state index in [1.807, 2.05) is 38.1 Å². The molecule has 0 aliphatic heterocycles. The van der Waals surface area contributed by atoms with Crippen LogP contribution in [0.1, 0.15) is 22.6 Å². The summed E-state index contributed by atoms with van der Waals surface area (Å²) in [5.74, 6) is 1.53. The highest BCUT2D eigenvalue weighted by Crippen LogP contribution is 2.31. The van der Waals surface area contributed by atoms with Crippen molar-refractivity contribution in [2.45, 2.75) is 20.3 Å². The van der Waals surface area contributed by atoms with Crippen LogP contribution in [0.5, 0.6) is 0 Å². The maximum Gasteiger partial charge on any atom is 0.188 e. The van der Waals surface area contributed by atoms with Gasteiger partial charge in [-0.3, -0.25) is 0 Å². The van der Waals surface area contributed by atoms with Gasteiger partial charge < -0.3 is 5.32 Å². The zero-order valence-corrected chi connectivity index (χ0v) is 19.3. The topological polar surface area (TPSA) is 50.7 Å². The highest BCUT2D eigenvalue weighted by Gasteiger charge is 2.14. The van der Waals surface area contributed by atoms with E-state index in [9.17, 15) is 0 Å². The lowest BCUT2D eigenvalue weighted by Crippen LogP contribution is -2.06. The first-order valence-electron chi connectivity index (χ1n) is 10.4. The van der Waals surface area contributed by atoms with Crippen LogP contribution in [0.25, 0.3) is 22.0 Å². The Kier molecular flexibility index (Phi) is 5.60. The van der Waals surface area contributed by atoms with Crippen LogP contribution >= 0.6 is 22.9 Å². The second kappa shape index (κ2) is 8.69. The summed E-state index contributed by atoms with van der Waals surface area (Å²) in [6.45, 7) is 3.93. The number of nitrogens with zero attached hydrogens (tertiary/aromatic N) is 3. The molecule has 5 aromatic rings. The molecule has 158 valence electrons. The molecule has 0 radical (unpaired) electrons. The Labute approximate surface area is 196 Å². The number of hydrogen-bond acceptors (Lipinski definition) is 5. The fourth-order valence-electron chi connectivity index (χ4n) is 3.77. The van der Waals surface area contributed by atoms with Gasteiger partial charge in [0.2, 0.25) is 0 Å². The molecule has 0 unspecified atom stereocenters. The molecule has 0 atom stereocenters. The van der Waals surface area contributed by atoms with Gasteiger partial charge in [0.15, 0.2) is 5.13 Å². The molecule has 0 fully saturated rings. The van der Waals surface area contributed by atoms with Gasteiger partial charge in [-0.05, 0) is 48.4 Å². The van der Waals surface area contributed by atoms with Crippen LogP contribution in [-0.4, -0.2) is 15.0 Å². The highest BCUT2D eigenvalue weighted by atomic mass is 35.5. The van der Waals surface area contributed by atoms with Crippen LogP contribution < -0.4 is 5.32 Å². The summed E-state index contributed by atoms with van der Waals surface area (Å²) in [6.07, 6.45) is 0.717. The molecule has 0 aliphatic carbocycles. The Bertz CT molecular complexity index is 1410. The summed E-state index contributed by atoms with van der Waals surface area (Å²) in [5, 5.41) is 9.49. The molecule has 3 aromatic carbocycles. The van der Waals surface area contributed by atoms with Crippen molar-refractivity contribution in [1.82, 2.24) is 15.0 Å². The molecule has 5 rings (SSSR count). The smallest absolute Gasteiger partial charge is 0.188 e. The molecule has 2 heterocycles. The molecule has 1 N–H and O–H groups in total. The maximum atomic E-state index is 6.05. The zero-order chi connectivity index (χ0) is 22.1. The lowest BCUT2D eigenvalue weighted by Gasteiger charge is -2.13. The molecule has 0 saturated carbocycles. The van der Waals surface area contributed by atoms with Gasteiger partial charge in [-0.15, -0.1) is 11.3 Å². The van der Waals surface area contributed by atoms with Crippen molar-refractivity contribution in [1.29, 1.82) is 0 Å². The number of hydrogen-bond donors (Lipinski definition) is 1. The third kappa shape index (κ3) is 4.35. The Hall–Kier alpha value is -3.28. The van der Waals surface area contributed by atoms with Gasteiger partial charge in [-0.1, -0.05) is 60.1 Å². The SMILES string of the molecule is Cc1nc(C)c(Cc2ccc(Cl)cc2)c(Nc2nc(-c3ccc4ccccc4c3)cs2)n1. The fraction of sp³-hybridized carbons (Fsp3) is 0.115. The minimum absolute atomic E-state index is 0.717. The zero-order valence-electron chi connectivity index (χ0n) is 17.8. The van der Waals surface area contributed by atoms with Crippen molar-refractivity contribution < 1.29 is 0 Å². The number of anilines is 2. The fourth-order valence-corrected chi connectivity index (χ4v) is 4.62. The van der Waals surface area contributed by atoms with E-state index in [0.29, 0.717) is 6.42 Å². The van der Waals surface area contributed by atoms with Crippen molar-refractivity contribution in [3.8, 4) is 11.3 Å². The van der Waals surface area contributed by atoms with Crippen molar-refractivity contribution in [3.63, 3.8) is 0 Å². The molecule has 4 nitrogen and oxygen atoms in total. The van der Waals surface area contributed by atoms with Crippen LogP contribution in [0.3, 0.4) is 0 Å². The van der Waals surface area contributed by atoms with Gasteiger partial charge in [0.25, 0.3) is 0 Å². The van der Waals surface area contributed by atoms with E-state index in [0.717, 1.165) is 49.9 Å². The monoisotopic (exact) mass is 456 g/mol. The summed E-state index contributed by atoms with van der Waals surface area (Å²) in [6, 6.07) is 22.7. The second-order valence-electron chi connectivity index (χ2n) is 7.71. The van der Waals surface area contributed by atoms with E-state index in [1.54, 1.807) is 11.3 Å². The normalized spacial score (nSPS) is 11.1. The molecule has 32 heavy (non-hydrogen) atoms. The van der Waals surface area contributed by atoms with Crippen LogP contribution in [0.15, 0.2) is 72.1 Å². The van der Waals surface area contributed by atoms with Gasteiger partial charge >= 0.3 is 0 Å². The number of nitrogens with one attached hydrogen (secondary N) is 1. The number of thiazole rings is 1. The molecule has 2 aromatic heterocycles. The minimum atomic E-state index is 0.717. The third-order valence-corrected chi connectivity index (χ3v) is 6.40. The van der Waals surface area contributed by atoms with Crippen LogP contribution in [-0.2, 0) is 6.42 Å². The molecule has 0 bridgehead atoms. The summed E-state index contributed by atoms with van der Waals surface area (Å²) < 4.78 is 0. The van der Waals surface area contributed by atoms with Crippen molar-refractivity contribution in [3.05, 3.63) is 99.8 Å². The first kappa shape index (κ1) is 20.6. The lowest BCUT2D eigenvalue weighted by atomic mass is 10.0. The predicted octanol–water partition coefficient (Wildman–Crippen LogP) is 7.36. The van der Waals surface area contributed by atoms with Gasteiger partial charge in [0, 0.05) is 33.6 Å². The summed E-state index contributed by atoms with van der Waals surface area (Å²) in [4.78, 5) is 14.1. The molecule has 0 amide bonds. The van der Waals surface area contributed by atoms with Gasteiger partial charge in [0.05, 0.1) is 5.69 Å². The summed E-state index contributed by atoms with van der Waals surface area (Å²) in [5.41, 5.74) is 5.22. The number of halogens is 1. The van der Waals surface area contributed by atoms with Crippen molar-refractivity contribution in [2.24, 2.45) is 0 Å². The Morgan fingerprint density at radius 2 is 1.66 bits per heavy atom. The lowest BCUT2D eigenvalue weighted by molar-refractivity contribution is 0.965. The number of fused-ring (bicyclic) bond motifs is 1. The molecule has 0 aliphatic rings. The minimum Gasteiger partial charge on any atom is -0.316 e. The number of aromatic nitrogens is 3. The van der Waals surface area contributed by atoms with Gasteiger partial charge in [0.1, 0.15) is 11.6 Å². The Morgan fingerprint density at radius 1 is 0.875 bits per heavy atom. The molecular formula is C26H21ClN4S. The quantitative estimate of drug-likeness (QED) is 0.300. The highest BCUT2D eigenvalue weighted by molar-refractivity contribution is 7.14. The van der Waals surface area contributed by atoms with Crippen molar-refractivity contribution in [2.75, 3.05) is 5.32 Å². The van der Waals surface area contributed by atoms with Crippen LogP contribution in [0.4, 0.5) is 10.9 Å². The standard InChI is InChI=1S/C26H21ClN4S/c1-16-23(13-18-7-11-22(27)12-8-18)25(29-17(2)28-16)31-26-30-24(15-32-26)21-10-9-19-5-3-4-6-20(19)14-21/h3-12,14-15H,13H2,1-2H3,(H,28,29,30,31). The first-order valence-corrected chi connectivity index (χ1v) is 11.6. The summed E-state index contributed by atoms with van der Waals surface area (Å²) >= 11 is 7.62. The third-order valence-electron chi connectivity index (χ3n) is 5.39. The second-order valence-corrected chi connectivity index (χ2v) is 9.01. The average Bonchev–Trinajstić information content (AvgIpc) is 3.25. The average molecular weight is 457 g/mol. The molecule has 0 saturated heterocycles. The van der Waals surface area contributed by atoms with E-state index in [2.05, 4.69) is 63.1 Å². The largest absolute Gasteiger partial charge is 0.316 e. The Morgan fingerprint density at radius 3 is 2.47 bits per heavy atom. The van der Waals surface area contributed by atoms with Gasteiger partial charge in [-0.25, -0.2) is 15.0 Å². The number of aryl methyl sites for hydroxylation is 2. The van der Waals surface area contributed by atoms with E-state index in [1.165, 1.54) is 10.8 Å². The predicted molar refractivity (Wildman–Crippen MR) is 134 cm³/mol. The van der Waals surface area contributed by atoms with Crippen LogP contribution in [0.2, 0.25) is 5.02 Å². The van der Waals surface area contributed by atoms with E-state index in [4.69, 9.17) is 16.6 Å². The van der Waals surface area contributed by atoms with Gasteiger partial charge in [-0.2, -0.15) is 0 Å². The number of rotatable bonds is 5. The van der Waals surface area contributed by atoms with E-state index in [-0.39, 0.29) is 0 Å². The van der Waals surface area contributed by atoms with Crippen molar-refractivity contribution >= 4 is 44.7 Å². The molecule has 6 heteroatoms. The van der Waals surface area contributed by atoms with E-state index < -0.39 is 0 Å². The molecule has 0 spiro atoms. The Balaban J connectivity index is 1.45. The first-order chi connectivity index (χ1) is 15.5. The molecular weight excluding hydrogens is 436 g/mol. The van der Waals surface area contributed by atoms with Crippen LogP contribution in [0, 0.1) is 13.8 Å². The maximum absolute atomic E-state index is 6.05. The van der Waals surface area contributed by atoms with E-state index >= 15 is 0 Å².